The Morgan fingerprint density at radius 3 is 2.90 bits per heavy atom. The number of nitrogens with zero attached hydrogens (tertiary/aromatic N) is 2. The van der Waals surface area contributed by atoms with Crippen molar-refractivity contribution in [2.75, 3.05) is 14.1 Å². The van der Waals surface area contributed by atoms with E-state index in [0.29, 0.717) is 24.3 Å². The van der Waals surface area contributed by atoms with Crippen LogP contribution in [-0.4, -0.2) is 42.0 Å². The number of pyridine rings is 1. The minimum absolute atomic E-state index is 0.389. The summed E-state index contributed by atoms with van der Waals surface area (Å²) in [6.07, 6.45) is 3.47. The molecule has 3 rings (SSSR count). The summed E-state index contributed by atoms with van der Waals surface area (Å²) in [6.45, 7) is 0. The van der Waals surface area contributed by atoms with Gasteiger partial charge in [0.15, 0.2) is 0 Å². The molecule has 0 saturated heterocycles. The van der Waals surface area contributed by atoms with Crippen LogP contribution >= 0.6 is 11.6 Å². The van der Waals surface area contributed by atoms with E-state index in [1.807, 2.05) is 0 Å². The van der Waals surface area contributed by atoms with Gasteiger partial charge in [0.25, 0.3) is 0 Å². The van der Waals surface area contributed by atoms with Crippen molar-refractivity contribution in [3.8, 4) is 0 Å². The largest absolute Gasteiger partial charge is 0.343 e. The standard InChI is InChI=1S/C13H16ClN3O2S/c1-17(2)20(18,19)8-3-4-11-9(7-8)12-10(14)5-6-15-13(12)16-11/h5-6,8H,3-4,7H2,1-2H3,(H,15,16). The number of hydrogen-bond acceptors (Lipinski definition) is 3. The third-order valence-electron chi connectivity index (χ3n) is 3.91. The van der Waals surface area contributed by atoms with Crippen LogP contribution in [0.2, 0.25) is 5.02 Å². The van der Waals surface area contributed by atoms with Crippen LogP contribution in [0.25, 0.3) is 11.0 Å². The van der Waals surface area contributed by atoms with E-state index in [1.54, 1.807) is 26.4 Å². The van der Waals surface area contributed by atoms with Gasteiger partial charge in [-0.2, -0.15) is 0 Å². The second-order valence-corrected chi connectivity index (χ2v) is 8.12. The van der Waals surface area contributed by atoms with E-state index in [1.165, 1.54) is 4.31 Å². The topological polar surface area (TPSA) is 66.1 Å². The van der Waals surface area contributed by atoms with Crippen LogP contribution in [0.15, 0.2) is 12.3 Å². The fourth-order valence-corrected chi connectivity index (χ4v) is 4.46. The van der Waals surface area contributed by atoms with Crippen molar-refractivity contribution in [2.24, 2.45) is 0 Å². The van der Waals surface area contributed by atoms with Gasteiger partial charge < -0.3 is 4.98 Å². The van der Waals surface area contributed by atoms with Crippen LogP contribution in [0.4, 0.5) is 0 Å². The first-order valence-electron chi connectivity index (χ1n) is 6.46. The van der Waals surface area contributed by atoms with E-state index in [2.05, 4.69) is 9.97 Å². The number of hydrogen-bond donors (Lipinski definition) is 1. The maximum atomic E-state index is 12.3. The first kappa shape index (κ1) is 13.9. The molecule has 0 bridgehead atoms. The summed E-state index contributed by atoms with van der Waals surface area (Å²) in [4.78, 5) is 7.52. The van der Waals surface area contributed by atoms with E-state index in [4.69, 9.17) is 11.6 Å². The van der Waals surface area contributed by atoms with Gasteiger partial charge in [0.05, 0.1) is 10.3 Å². The Morgan fingerprint density at radius 1 is 1.45 bits per heavy atom. The van der Waals surface area contributed by atoms with Gasteiger partial charge in [0.1, 0.15) is 5.65 Å². The Labute approximate surface area is 123 Å². The molecule has 108 valence electrons. The first-order valence-corrected chi connectivity index (χ1v) is 8.34. The van der Waals surface area contributed by atoms with Gasteiger partial charge >= 0.3 is 0 Å². The zero-order valence-corrected chi connectivity index (χ0v) is 12.9. The normalized spacial score (nSPS) is 19.5. The summed E-state index contributed by atoms with van der Waals surface area (Å²) in [5.74, 6) is 0. The fourth-order valence-electron chi connectivity index (χ4n) is 2.82. The highest BCUT2D eigenvalue weighted by Gasteiger charge is 2.33. The van der Waals surface area contributed by atoms with Crippen LogP contribution in [-0.2, 0) is 22.9 Å². The molecular weight excluding hydrogens is 298 g/mol. The van der Waals surface area contributed by atoms with Gasteiger partial charge in [-0.25, -0.2) is 17.7 Å². The van der Waals surface area contributed by atoms with Crippen molar-refractivity contribution in [1.82, 2.24) is 14.3 Å². The molecule has 1 atom stereocenters. The van der Waals surface area contributed by atoms with E-state index in [-0.39, 0.29) is 5.25 Å². The Bertz CT molecular complexity index is 767. The lowest BCUT2D eigenvalue weighted by molar-refractivity contribution is 0.492. The quantitative estimate of drug-likeness (QED) is 0.921. The molecule has 0 amide bonds. The second kappa shape index (κ2) is 4.72. The minimum atomic E-state index is -3.25. The van der Waals surface area contributed by atoms with E-state index in [0.717, 1.165) is 22.3 Å². The van der Waals surface area contributed by atoms with Crippen molar-refractivity contribution in [3.63, 3.8) is 0 Å². The Hall–Kier alpha value is -1.11. The molecule has 0 fully saturated rings. The second-order valence-electron chi connectivity index (χ2n) is 5.29. The van der Waals surface area contributed by atoms with Crippen LogP contribution in [0.5, 0.6) is 0 Å². The van der Waals surface area contributed by atoms with Crippen LogP contribution < -0.4 is 0 Å². The van der Waals surface area contributed by atoms with Gasteiger partial charge in [-0.05, 0) is 30.9 Å². The summed E-state index contributed by atoms with van der Waals surface area (Å²) in [5.41, 5.74) is 2.80. The van der Waals surface area contributed by atoms with Gasteiger partial charge in [0.2, 0.25) is 10.0 Å². The Balaban J connectivity index is 2.09. The number of H-pyrrole nitrogens is 1. The van der Waals surface area contributed by atoms with Gasteiger partial charge in [-0.1, -0.05) is 11.6 Å². The SMILES string of the molecule is CN(C)S(=O)(=O)C1CCc2[nH]c3nccc(Cl)c3c2C1. The molecule has 0 radical (unpaired) electrons. The number of aromatic amines is 1. The highest BCUT2D eigenvalue weighted by molar-refractivity contribution is 7.89. The molecule has 1 N–H and O–H groups in total. The smallest absolute Gasteiger partial charge is 0.216 e. The van der Waals surface area contributed by atoms with Crippen molar-refractivity contribution in [1.29, 1.82) is 0 Å². The molecule has 0 spiro atoms. The summed E-state index contributed by atoms with van der Waals surface area (Å²) >= 11 is 6.24. The highest BCUT2D eigenvalue weighted by atomic mass is 35.5. The number of halogens is 1. The number of sulfonamides is 1. The number of aryl methyl sites for hydroxylation is 1. The molecule has 5 nitrogen and oxygen atoms in total. The average Bonchev–Trinajstić information content (AvgIpc) is 2.77. The van der Waals surface area contributed by atoms with Crippen molar-refractivity contribution >= 4 is 32.7 Å². The first-order chi connectivity index (χ1) is 9.41. The minimum Gasteiger partial charge on any atom is -0.343 e. The summed E-state index contributed by atoms with van der Waals surface area (Å²) in [6, 6.07) is 1.74. The molecule has 1 unspecified atom stereocenters. The highest BCUT2D eigenvalue weighted by Crippen LogP contribution is 2.34. The Kier molecular flexibility index (Phi) is 3.27. The molecule has 1 aliphatic carbocycles. The molecule has 20 heavy (non-hydrogen) atoms. The monoisotopic (exact) mass is 313 g/mol. The van der Waals surface area contributed by atoms with Gasteiger partial charge in [-0.15, -0.1) is 0 Å². The summed E-state index contributed by atoms with van der Waals surface area (Å²) in [5, 5.41) is 1.10. The predicted molar refractivity (Wildman–Crippen MR) is 79.5 cm³/mol. The Morgan fingerprint density at radius 2 is 2.20 bits per heavy atom. The third-order valence-corrected chi connectivity index (χ3v) is 6.49. The van der Waals surface area contributed by atoms with E-state index in [9.17, 15) is 8.42 Å². The zero-order chi connectivity index (χ0) is 14.5. The average molecular weight is 314 g/mol. The summed E-state index contributed by atoms with van der Waals surface area (Å²) < 4.78 is 25.9. The molecule has 0 saturated carbocycles. The maximum Gasteiger partial charge on any atom is 0.216 e. The lowest BCUT2D eigenvalue weighted by atomic mass is 9.95. The van der Waals surface area contributed by atoms with Crippen LogP contribution in [0, 0.1) is 0 Å². The molecular formula is C13H16ClN3O2S. The maximum absolute atomic E-state index is 12.3. The van der Waals surface area contributed by atoms with Gasteiger partial charge in [-0.3, -0.25) is 0 Å². The molecule has 0 aromatic carbocycles. The number of fused-ring (bicyclic) bond motifs is 3. The van der Waals surface area contributed by atoms with Crippen molar-refractivity contribution < 1.29 is 8.42 Å². The lowest BCUT2D eigenvalue weighted by Crippen LogP contribution is -2.37. The predicted octanol–water partition coefficient (Wildman–Crippen LogP) is 1.97. The molecule has 0 aliphatic heterocycles. The lowest BCUT2D eigenvalue weighted by Gasteiger charge is -2.25. The fraction of sp³-hybridized carbons (Fsp3) is 0.462. The third kappa shape index (κ3) is 2.03. The number of rotatable bonds is 2. The molecule has 1 aliphatic rings. The zero-order valence-electron chi connectivity index (χ0n) is 11.4. The summed E-state index contributed by atoms with van der Waals surface area (Å²) in [7, 11) is -0.0901. The van der Waals surface area contributed by atoms with Gasteiger partial charge in [0, 0.05) is 31.4 Å². The molecule has 7 heteroatoms. The van der Waals surface area contributed by atoms with E-state index >= 15 is 0 Å². The van der Waals surface area contributed by atoms with Crippen LogP contribution in [0.3, 0.4) is 0 Å². The van der Waals surface area contributed by atoms with Crippen LogP contribution in [0.1, 0.15) is 17.7 Å². The number of nitrogens with one attached hydrogen (secondary N) is 1. The van der Waals surface area contributed by atoms with Crippen molar-refractivity contribution in [2.45, 2.75) is 24.5 Å². The number of aromatic nitrogens is 2. The molecule has 2 heterocycles. The molecule has 2 aromatic rings. The molecule has 2 aromatic heterocycles. The van der Waals surface area contributed by atoms with Crippen molar-refractivity contribution in [3.05, 3.63) is 28.5 Å². The van der Waals surface area contributed by atoms with E-state index < -0.39 is 10.0 Å².